The number of amides is 4. The predicted octanol–water partition coefficient (Wildman–Crippen LogP) is 7.73. The zero-order valence-corrected chi connectivity index (χ0v) is 41.6. The monoisotopic (exact) mass is 971 g/mol. The van der Waals surface area contributed by atoms with Crippen LogP contribution in [0.15, 0.2) is 72.8 Å². The molecule has 70 heavy (non-hydrogen) atoms. The van der Waals surface area contributed by atoms with Crippen LogP contribution in [0.1, 0.15) is 155 Å². The van der Waals surface area contributed by atoms with Gasteiger partial charge >= 0.3 is 36.2 Å². The molecule has 0 spiro atoms. The van der Waals surface area contributed by atoms with E-state index in [1.54, 1.807) is 90.1 Å². The number of ketones is 1. The van der Waals surface area contributed by atoms with Crippen LogP contribution in [0, 0.1) is 6.92 Å². The SMILES string of the molecule is CCC1(NC(=O)OC(C)(C)C)CC(c2ccc(C)cc2)OC1=O.CCOC(=O)C(CC(=O)c1ccc(CCCCCN2C(=O)c3ccccc3C2=O)cc1)(NC(=O)OC(C)(C)C)C(=O)OCC.O=C=O. The van der Waals surface area contributed by atoms with Gasteiger partial charge < -0.3 is 29.0 Å². The van der Waals surface area contributed by atoms with Crippen molar-refractivity contribution >= 4 is 53.8 Å². The van der Waals surface area contributed by atoms with Crippen molar-refractivity contribution < 1.29 is 71.6 Å². The fraction of sp³-hybridized carbons (Fsp3) is 0.481. The Kier molecular flexibility index (Phi) is 20.7. The number of benzene rings is 3. The Morgan fingerprint density at radius 3 is 1.73 bits per heavy atom. The number of ether oxygens (including phenoxy) is 5. The highest BCUT2D eigenvalue weighted by Gasteiger charge is 2.53. The molecule has 1 fully saturated rings. The summed E-state index contributed by atoms with van der Waals surface area (Å²) in [4.78, 5) is 119. The van der Waals surface area contributed by atoms with E-state index in [0.717, 1.165) is 29.5 Å². The minimum Gasteiger partial charge on any atom is -0.464 e. The summed E-state index contributed by atoms with van der Waals surface area (Å²) in [6.07, 6.45) is 1.29. The summed E-state index contributed by atoms with van der Waals surface area (Å²) in [6.45, 7) is 17.3. The molecule has 2 heterocycles. The Labute approximate surface area is 408 Å². The first-order chi connectivity index (χ1) is 32.9. The van der Waals surface area contributed by atoms with E-state index in [1.807, 2.05) is 38.1 Å². The first-order valence-electron chi connectivity index (χ1n) is 23.1. The molecule has 378 valence electrons. The number of nitrogens with one attached hydrogen (secondary N) is 2. The second-order valence-electron chi connectivity index (χ2n) is 18.5. The van der Waals surface area contributed by atoms with Crippen LogP contribution in [0.5, 0.6) is 0 Å². The van der Waals surface area contributed by atoms with E-state index in [1.165, 1.54) is 18.7 Å². The van der Waals surface area contributed by atoms with Crippen LogP contribution in [-0.4, -0.2) is 101 Å². The number of cyclic esters (lactones) is 1. The average molecular weight is 972 g/mol. The minimum absolute atomic E-state index is 0.100. The molecule has 0 bridgehead atoms. The van der Waals surface area contributed by atoms with Crippen molar-refractivity contribution in [2.45, 2.75) is 143 Å². The van der Waals surface area contributed by atoms with Gasteiger partial charge in [-0.15, -0.1) is 0 Å². The molecule has 2 unspecified atom stereocenters. The predicted molar refractivity (Wildman–Crippen MR) is 252 cm³/mol. The number of aryl methyl sites for hydroxylation is 2. The van der Waals surface area contributed by atoms with Crippen LogP contribution >= 0.6 is 0 Å². The molecule has 1 saturated heterocycles. The normalized spacial score (nSPS) is 16.2. The van der Waals surface area contributed by atoms with Crippen molar-refractivity contribution in [2.24, 2.45) is 0 Å². The fourth-order valence-electron chi connectivity index (χ4n) is 7.41. The van der Waals surface area contributed by atoms with Crippen LogP contribution < -0.4 is 10.6 Å². The number of rotatable bonds is 17. The van der Waals surface area contributed by atoms with Gasteiger partial charge in [-0.05, 0) is 111 Å². The summed E-state index contributed by atoms with van der Waals surface area (Å²) < 4.78 is 26.2. The van der Waals surface area contributed by atoms with E-state index in [9.17, 15) is 38.4 Å². The van der Waals surface area contributed by atoms with Crippen LogP contribution in [0.25, 0.3) is 0 Å². The Bertz CT molecular complexity index is 2320. The summed E-state index contributed by atoms with van der Waals surface area (Å²) in [5.74, 6) is -3.78. The Balaban J connectivity index is 0.000000416. The highest BCUT2D eigenvalue weighted by Crippen LogP contribution is 2.38. The number of fused-ring (bicyclic) bond motifs is 1. The number of Topliss-reactive ketones (excluding diaryl/α,β-unsaturated/α-hetero) is 1. The lowest BCUT2D eigenvalue weighted by Crippen LogP contribution is -2.63. The van der Waals surface area contributed by atoms with Gasteiger partial charge in [0.15, 0.2) is 5.78 Å². The lowest BCUT2D eigenvalue weighted by atomic mass is 9.89. The highest BCUT2D eigenvalue weighted by molar-refractivity contribution is 6.21. The lowest BCUT2D eigenvalue weighted by Gasteiger charge is -2.30. The van der Waals surface area contributed by atoms with Gasteiger partial charge in [0.2, 0.25) is 5.54 Å². The Hall–Kier alpha value is -7.20. The molecule has 3 aromatic rings. The standard InChI is InChI=1S/C33H40N2O9.C18H25NO4.CO2/c1-6-42-29(39)33(30(40)43-7-2,34-31(41)44-32(3,4)5)21-26(36)23-18-16-22(17-19-23)13-9-8-12-20-35-27(37)24-14-10-11-15-25(24)28(35)38;1-6-18(19-16(21)23-17(3,4)5)11-14(22-15(18)20)13-9-7-12(2)8-10-13;2-1-3/h10-11,14-19H,6-9,12-13,20-21H2,1-5H3,(H,34,41);7-10,14H,6,11H2,1-5H3,(H,19,21);. The van der Waals surface area contributed by atoms with E-state index in [2.05, 4.69) is 10.6 Å². The number of hydrogen-bond acceptors (Lipinski definition) is 15. The summed E-state index contributed by atoms with van der Waals surface area (Å²) in [6, 6.07) is 21.4. The maximum atomic E-state index is 13.3. The molecule has 0 radical (unpaired) electrons. The molecular formula is C52H65N3O15. The van der Waals surface area contributed by atoms with Gasteiger partial charge in [-0.2, -0.15) is 9.59 Å². The largest absolute Gasteiger partial charge is 0.464 e. The van der Waals surface area contributed by atoms with Gasteiger partial charge in [-0.1, -0.05) is 79.6 Å². The molecule has 2 atom stereocenters. The number of esters is 3. The third-order valence-electron chi connectivity index (χ3n) is 10.9. The van der Waals surface area contributed by atoms with Crippen molar-refractivity contribution in [1.29, 1.82) is 0 Å². The molecule has 2 N–H and O–H groups in total. The smallest absolute Gasteiger partial charge is 0.409 e. The van der Waals surface area contributed by atoms with E-state index < -0.39 is 64.6 Å². The van der Waals surface area contributed by atoms with Crippen LogP contribution in [0.3, 0.4) is 0 Å². The number of carbonyl (C=O) groups excluding carboxylic acids is 10. The van der Waals surface area contributed by atoms with Crippen LogP contribution in [-0.2, 0) is 54.1 Å². The zero-order valence-electron chi connectivity index (χ0n) is 41.6. The number of carbonyl (C=O) groups is 8. The van der Waals surface area contributed by atoms with Gasteiger partial charge in [-0.25, -0.2) is 24.0 Å². The van der Waals surface area contributed by atoms with Gasteiger partial charge in [0.05, 0.1) is 30.8 Å². The average Bonchev–Trinajstić information content (AvgIpc) is 3.73. The molecule has 18 nitrogen and oxygen atoms in total. The maximum Gasteiger partial charge on any atom is 0.409 e. The summed E-state index contributed by atoms with van der Waals surface area (Å²) in [7, 11) is 0. The van der Waals surface area contributed by atoms with Gasteiger partial charge in [-0.3, -0.25) is 24.6 Å². The fourth-order valence-corrected chi connectivity index (χ4v) is 7.41. The van der Waals surface area contributed by atoms with E-state index in [-0.39, 0.29) is 42.8 Å². The highest BCUT2D eigenvalue weighted by atomic mass is 16.6. The second kappa shape index (κ2) is 25.4. The topological polar surface area (TPSA) is 244 Å². The summed E-state index contributed by atoms with van der Waals surface area (Å²) in [5.41, 5.74) is -0.881. The van der Waals surface area contributed by atoms with E-state index in [0.29, 0.717) is 43.4 Å². The van der Waals surface area contributed by atoms with Crippen molar-refractivity contribution in [3.8, 4) is 0 Å². The molecule has 0 aromatic heterocycles. The lowest BCUT2D eigenvalue weighted by molar-refractivity contribution is -0.192. The van der Waals surface area contributed by atoms with Crippen molar-refractivity contribution in [1.82, 2.24) is 15.5 Å². The molecular weight excluding hydrogens is 907 g/mol. The second-order valence-corrected chi connectivity index (χ2v) is 18.5. The number of imide groups is 1. The third kappa shape index (κ3) is 15.9. The number of nitrogens with zero attached hydrogens (tertiary/aromatic N) is 1. The van der Waals surface area contributed by atoms with Crippen LogP contribution in [0.2, 0.25) is 0 Å². The number of alkyl carbamates (subject to hydrolysis) is 2. The molecule has 4 amide bonds. The van der Waals surface area contributed by atoms with E-state index >= 15 is 0 Å². The quantitative estimate of drug-likeness (QED) is 0.0328. The molecule has 3 aromatic carbocycles. The van der Waals surface area contributed by atoms with Crippen molar-refractivity contribution in [3.05, 3.63) is 106 Å². The van der Waals surface area contributed by atoms with Crippen molar-refractivity contribution in [3.63, 3.8) is 0 Å². The van der Waals surface area contributed by atoms with E-state index in [4.69, 9.17) is 33.3 Å². The number of unbranched alkanes of at least 4 members (excludes halogenated alkanes) is 2. The zero-order chi connectivity index (χ0) is 52.5. The molecule has 0 saturated carbocycles. The van der Waals surface area contributed by atoms with Gasteiger partial charge in [0, 0.05) is 18.5 Å². The first-order valence-corrected chi connectivity index (χ1v) is 23.1. The third-order valence-corrected chi connectivity index (χ3v) is 10.9. The minimum atomic E-state index is -2.44. The molecule has 2 aliphatic heterocycles. The first kappa shape index (κ1) is 57.1. The molecule has 18 heteroatoms. The Morgan fingerprint density at radius 1 is 0.729 bits per heavy atom. The van der Waals surface area contributed by atoms with Crippen molar-refractivity contribution in [2.75, 3.05) is 19.8 Å². The molecule has 0 aliphatic carbocycles. The van der Waals surface area contributed by atoms with Crippen LogP contribution in [0.4, 0.5) is 9.59 Å². The Morgan fingerprint density at radius 2 is 1.24 bits per heavy atom. The van der Waals surface area contributed by atoms with Gasteiger partial charge in [0.25, 0.3) is 11.8 Å². The molecule has 5 rings (SSSR count). The maximum absolute atomic E-state index is 13.3. The summed E-state index contributed by atoms with van der Waals surface area (Å²) >= 11 is 0. The molecule has 2 aliphatic rings. The van der Waals surface area contributed by atoms with Gasteiger partial charge in [0.1, 0.15) is 22.8 Å². The number of hydrogen-bond donors (Lipinski definition) is 2. The summed E-state index contributed by atoms with van der Waals surface area (Å²) in [5, 5.41) is 4.99.